The van der Waals surface area contributed by atoms with Crippen LogP contribution in [0.3, 0.4) is 0 Å². The van der Waals surface area contributed by atoms with E-state index in [2.05, 4.69) is 3.07 Å². The van der Waals surface area contributed by atoms with Gasteiger partial charge in [-0.1, -0.05) is 6.42 Å². The van der Waals surface area contributed by atoms with Crippen molar-refractivity contribution in [2.24, 2.45) is 0 Å². The highest BCUT2D eigenvalue weighted by Crippen LogP contribution is 2.20. The van der Waals surface area contributed by atoms with Crippen LogP contribution in [-0.4, -0.2) is 12.3 Å². The molecule has 0 aromatic carbocycles. The van der Waals surface area contributed by atoms with E-state index in [0.717, 1.165) is 12.8 Å². The molecule has 3 nitrogen and oxygen atoms in total. The lowest BCUT2D eigenvalue weighted by Crippen LogP contribution is -2.19. The van der Waals surface area contributed by atoms with Gasteiger partial charge in [-0.15, -0.1) is 0 Å². The van der Waals surface area contributed by atoms with Gasteiger partial charge in [-0.25, -0.2) is 4.79 Å². The average Bonchev–Trinajstić information content (AvgIpc) is 2.06. The summed E-state index contributed by atoms with van der Waals surface area (Å²) in [6, 6.07) is 0. The van der Waals surface area contributed by atoms with Gasteiger partial charge < -0.3 is 7.80 Å². The lowest BCUT2D eigenvalue weighted by Gasteiger charge is -2.20. The zero-order valence-electron chi connectivity index (χ0n) is 6.22. The molecule has 0 N–H and O–H groups in total. The molecule has 64 valence electrons. The molecule has 0 amide bonds. The maximum absolute atomic E-state index is 10.6. The van der Waals surface area contributed by atoms with Crippen molar-refractivity contribution < 1.29 is 12.6 Å². The van der Waals surface area contributed by atoms with E-state index in [1.807, 2.05) is 0 Å². The van der Waals surface area contributed by atoms with E-state index < -0.39 is 6.16 Å². The Morgan fingerprint density at radius 1 is 1.27 bits per heavy atom. The van der Waals surface area contributed by atoms with Crippen molar-refractivity contribution >= 4 is 29.2 Å². The first-order chi connectivity index (χ1) is 5.33. The normalized spacial score (nSPS) is 19.4. The topological polar surface area (TPSA) is 35.5 Å². The molecular formula is C7H11IO3. The smallest absolute Gasteiger partial charge is 0.430 e. The molecule has 0 aromatic rings. The van der Waals surface area contributed by atoms with E-state index in [1.54, 1.807) is 0 Å². The van der Waals surface area contributed by atoms with Crippen LogP contribution in [0.1, 0.15) is 32.1 Å². The Hall–Kier alpha value is -0.0000000000000000555. The van der Waals surface area contributed by atoms with Crippen molar-refractivity contribution in [2.75, 3.05) is 0 Å². The first-order valence-corrected chi connectivity index (χ1v) is 4.70. The third kappa shape index (κ3) is 3.27. The Balaban J connectivity index is 2.19. The number of rotatable bonds is 1. The van der Waals surface area contributed by atoms with E-state index >= 15 is 0 Å². The summed E-state index contributed by atoms with van der Waals surface area (Å²) < 4.78 is 9.33. The molecule has 1 fully saturated rings. The van der Waals surface area contributed by atoms with Gasteiger partial charge in [-0.2, -0.15) is 0 Å². The van der Waals surface area contributed by atoms with Crippen LogP contribution < -0.4 is 0 Å². The van der Waals surface area contributed by atoms with E-state index in [9.17, 15) is 4.79 Å². The first-order valence-electron chi connectivity index (χ1n) is 3.82. The fourth-order valence-corrected chi connectivity index (χ4v) is 1.44. The molecule has 4 heteroatoms. The minimum absolute atomic E-state index is 0.103. The molecule has 0 aliphatic heterocycles. The van der Waals surface area contributed by atoms with Crippen molar-refractivity contribution in [3.05, 3.63) is 0 Å². The van der Waals surface area contributed by atoms with Crippen LogP contribution in [0.4, 0.5) is 4.79 Å². The van der Waals surface area contributed by atoms with Gasteiger partial charge in [0.2, 0.25) is 0 Å². The van der Waals surface area contributed by atoms with E-state index in [4.69, 9.17) is 4.74 Å². The predicted molar refractivity (Wildman–Crippen MR) is 48.5 cm³/mol. The predicted octanol–water partition coefficient (Wildman–Crippen LogP) is 2.82. The van der Waals surface area contributed by atoms with Crippen molar-refractivity contribution in [1.29, 1.82) is 0 Å². The van der Waals surface area contributed by atoms with Gasteiger partial charge in [0.05, 0.1) is 0 Å². The maximum Gasteiger partial charge on any atom is 0.518 e. The minimum atomic E-state index is -0.558. The van der Waals surface area contributed by atoms with Gasteiger partial charge in [-0.05, 0) is 25.7 Å². The Labute approximate surface area is 80.1 Å². The zero-order valence-corrected chi connectivity index (χ0v) is 8.37. The molecule has 0 atom stereocenters. The molecule has 0 bridgehead atoms. The van der Waals surface area contributed by atoms with Crippen LogP contribution in [-0.2, 0) is 7.80 Å². The van der Waals surface area contributed by atoms with Gasteiger partial charge in [-0.3, -0.25) is 0 Å². The minimum Gasteiger partial charge on any atom is -0.430 e. The van der Waals surface area contributed by atoms with Gasteiger partial charge >= 0.3 is 6.16 Å². The molecule has 0 heterocycles. The highest BCUT2D eigenvalue weighted by Gasteiger charge is 2.17. The highest BCUT2D eigenvalue weighted by molar-refractivity contribution is 14.1. The van der Waals surface area contributed by atoms with E-state index in [0.29, 0.717) is 0 Å². The molecule has 0 radical (unpaired) electrons. The third-order valence-corrected chi connectivity index (χ3v) is 2.24. The SMILES string of the molecule is O=C(OI)OC1CCCCC1. The van der Waals surface area contributed by atoms with Crippen molar-refractivity contribution in [2.45, 2.75) is 38.2 Å². The third-order valence-electron chi connectivity index (χ3n) is 1.88. The lowest BCUT2D eigenvalue weighted by atomic mass is 9.98. The summed E-state index contributed by atoms with van der Waals surface area (Å²) in [6.07, 6.45) is 5.12. The average molecular weight is 270 g/mol. The highest BCUT2D eigenvalue weighted by atomic mass is 127. The van der Waals surface area contributed by atoms with Gasteiger partial charge in [0.15, 0.2) is 23.0 Å². The fraction of sp³-hybridized carbons (Fsp3) is 0.857. The lowest BCUT2D eigenvalue weighted by molar-refractivity contribution is 0.0512. The molecule has 0 aromatic heterocycles. The summed E-state index contributed by atoms with van der Waals surface area (Å²) >= 11 is 1.54. The Morgan fingerprint density at radius 3 is 2.45 bits per heavy atom. The quantitative estimate of drug-likeness (QED) is 0.543. The molecule has 1 aliphatic carbocycles. The van der Waals surface area contributed by atoms with Crippen molar-refractivity contribution in [3.8, 4) is 0 Å². The maximum atomic E-state index is 10.6. The number of hydrogen-bond acceptors (Lipinski definition) is 3. The molecule has 11 heavy (non-hydrogen) atoms. The van der Waals surface area contributed by atoms with Crippen LogP contribution >= 0.6 is 23.0 Å². The first kappa shape index (κ1) is 9.09. The van der Waals surface area contributed by atoms with Crippen LogP contribution in [0.15, 0.2) is 0 Å². The molecule has 1 rings (SSSR count). The zero-order chi connectivity index (χ0) is 8.10. The summed E-state index contributed by atoms with van der Waals surface area (Å²) in [5.74, 6) is 0. The summed E-state index contributed by atoms with van der Waals surface area (Å²) in [4.78, 5) is 10.6. The van der Waals surface area contributed by atoms with E-state index in [1.165, 1.54) is 42.3 Å². The number of ether oxygens (including phenoxy) is 1. The number of halogens is 1. The monoisotopic (exact) mass is 270 g/mol. The Kier molecular flexibility index (Phi) is 3.96. The van der Waals surface area contributed by atoms with E-state index in [-0.39, 0.29) is 6.10 Å². The largest absolute Gasteiger partial charge is 0.518 e. The Morgan fingerprint density at radius 2 is 1.91 bits per heavy atom. The van der Waals surface area contributed by atoms with Crippen LogP contribution in [0.5, 0.6) is 0 Å². The molecule has 0 saturated heterocycles. The fourth-order valence-electron chi connectivity index (χ4n) is 1.34. The van der Waals surface area contributed by atoms with Crippen LogP contribution in [0.25, 0.3) is 0 Å². The standard InChI is InChI=1S/C7H11IO3/c8-11-7(9)10-6-4-2-1-3-5-6/h6H,1-5H2. The second-order valence-corrected chi connectivity index (χ2v) is 3.15. The summed E-state index contributed by atoms with van der Waals surface area (Å²) in [6.45, 7) is 0. The summed E-state index contributed by atoms with van der Waals surface area (Å²) in [5, 5.41) is 0. The summed E-state index contributed by atoms with van der Waals surface area (Å²) in [7, 11) is 0. The van der Waals surface area contributed by atoms with Gasteiger partial charge in [0, 0.05) is 0 Å². The summed E-state index contributed by atoms with van der Waals surface area (Å²) in [5.41, 5.74) is 0. The second kappa shape index (κ2) is 4.79. The van der Waals surface area contributed by atoms with Gasteiger partial charge in [0.25, 0.3) is 0 Å². The number of carbonyl (C=O) groups is 1. The van der Waals surface area contributed by atoms with Crippen molar-refractivity contribution in [1.82, 2.24) is 0 Å². The Bertz CT molecular complexity index is 132. The molecule has 0 spiro atoms. The molecule has 1 saturated carbocycles. The van der Waals surface area contributed by atoms with Gasteiger partial charge in [0.1, 0.15) is 6.10 Å². The number of hydrogen-bond donors (Lipinski definition) is 0. The van der Waals surface area contributed by atoms with Crippen LogP contribution in [0, 0.1) is 0 Å². The molecule has 0 unspecified atom stereocenters. The van der Waals surface area contributed by atoms with Crippen molar-refractivity contribution in [3.63, 3.8) is 0 Å². The molecular weight excluding hydrogens is 259 g/mol. The van der Waals surface area contributed by atoms with Crippen LogP contribution in [0.2, 0.25) is 0 Å². The molecule has 1 aliphatic rings. The number of carbonyl (C=O) groups excluding carboxylic acids is 1. The second-order valence-electron chi connectivity index (χ2n) is 2.71.